The molecular formula is C20H26N2O. The number of rotatable bonds is 5. The summed E-state index contributed by atoms with van der Waals surface area (Å²) in [5, 5.41) is 3.13. The molecule has 122 valence electrons. The normalized spacial score (nSPS) is 12.5. The molecule has 3 heteroatoms. The van der Waals surface area contributed by atoms with Gasteiger partial charge in [-0.25, -0.2) is 4.79 Å². The predicted octanol–water partition coefficient (Wildman–Crippen LogP) is 4.19. The van der Waals surface area contributed by atoms with Gasteiger partial charge in [0.1, 0.15) is 0 Å². The lowest BCUT2D eigenvalue weighted by molar-refractivity contribution is 0.197. The van der Waals surface area contributed by atoms with E-state index in [-0.39, 0.29) is 17.5 Å². The molecule has 0 saturated heterocycles. The molecular weight excluding hydrogens is 284 g/mol. The second-order valence-electron chi connectivity index (χ2n) is 6.60. The number of hydrogen-bond donors (Lipinski definition) is 1. The molecule has 0 spiro atoms. The van der Waals surface area contributed by atoms with Crippen LogP contribution < -0.4 is 5.32 Å². The maximum atomic E-state index is 12.5. The van der Waals surface area contributed by atoms with Gasteiger partial charge in [-0.2, -0.15) is 0 Å². The van der Waals surface area contributed by atoms with Crippen molar-refractivity contribution in [2.24, 2.45) is 0 Å². The maximum absolute atomic E-state index is 12.5. The number of urea groups is 1. The molecule has 0 aliphatic rings. The third-order valence-corrected chi connectivity index (χ3v) is 4.55. The van der Waals surface area contributed by atoms with Gasteiger partial charge < -0.3 is 10.2 Å². The van der Waals surface area contributed by atoms with Gasteiger partial charge in [-0.3, -0.25) is 0 Å². The Labute approximate surface area is 139 Å². The lowest BCUT2D eigenvalue weighted by atomic mass is 9.78. The Bertz CT molecular complexity index is 623. The second-order valence-corrected chi connectivity index (χ2v) is 6.60. The Hall–Kier alpha value is -2.29. The zero-order valence-corrected chi connectivity index (χ0v) is 14.4. The fourth-order valence-corrected chi connectivity index (χ4v) is 2.52. The summed E-state index contributed by atoms with van der Waals surface area (Å²) in [5.74, 6) is 0. The average Bonchev–Trinajstić information content (AvgIpc) is 2.56. The molecule has 0 aliphatic heterocycles. The Kier molecular flexibility index (Phi) is 5.43. The molecule has 0 heterocycles. The monoisotopic (exact) mass is 310 g/mol. The summed E-state index contributed by atoms with van der Waals surface area (Å²) in [4.78, 5) is 14.2. The third kappa shape index (κ3) is 4.35. The maximum Gasteiger partial charge on any atom is 0.317 e. The van der Waals surface area contributed by atoms with Gasteiger partial charge in [0.05, 0.1) is 0 Å². The Balaban J connectivity index is 1.99. The standard InChI is InChI=1S/C20H26N2O/c1-16(20(2,3)18-13-9-6-10-14-18)21-19(23)22(4)15-17-11-7-5-8-12-17/h5-14,16H,15H2,1-4H3,(H,21,23). The molecule has 0 fully saturated rings. The molecule has 2 rings (SSSR count). The fourth-order valence-electron chi connectivity index (χ4n) is 2.52. The van der Waals surface area contributed by atoms with Crippen LogP contribution >= 0.6 is 0 Å². The summed E-state index contributed by atoms with van der Waals surface area (Å²) in [6.45, 7) is 6.97. The first-order valence-corrected chi connectivity index (χ1v) is 8.02. The zero-order chi connectivity index (χ0) is 16.9. The smallest absolute Gasteiger partial charge is 0.317 e. The van der Waals surface area contributed by atoms with Gasteiger partial charge in [-0.1, -0.05) is 74.5 Å². The lowest BCUT2D eigenvalue weighted by Crippen LogP contribution is -2.49. The molecule has 0 aliphatic carbocycles. The zero-order valence-electron chi connectivity index (χ0n) is 14.4. The lowest BCUT2D eigenvalue weighted by Gasteiger charge is -2.34. The van der Waals surface area contributed by atoms with E-state index in [1.54, 1.807) is 4.90 Å². The van der Waals surface area contributed by atoms with Crippen LogP contribution in [-0.2, 0) is 12.0 Å². The molecule has 1 atom stereocenters. The van der Waals surface area contributed by atoms with E-state index in [2.05, 4.69) is 38.2 Å². The van der Waals surface area contributed by atoms with Crippen LogP contribution in [0.1, 0.15) is 31.9 Å². The van der Waals surface area contributed by atoms with Gasteiger partial charge in [0.25, 0.3) is 0 Å². The van der Waals surface area contributed by atoms with E-state index in [9.17, 15) is 4.79 Å². The summed E-state index contributed by atoms with van der Waals surface area (Å²) < 4.78 is 0. The van der Waals surface area contributed by atoms with Crippen molar-refractivity contribution in [3.05, 3.63) is 71.8 Å². The Morgan fingerprint density at radius 3 is 2.13 bits per heavy atom. The molecule has 2 amide bonds. The van der Waals surface area contributed by atoms with Crippen molar-refractivity contribution in [2.75, 3.05) is 7.05 Å². The number of nitrogens with one attached hydrogen (secondary N) is 1. The molecule has 1 N–H and O–H groups in total. The molecule has 2 aromatic rings. The highest BCUT2D eigenvalue weighted by Crippen LogP contribution is 2.26. The fraction of sp³-hybridized carbons (Fsp3) is 0.350. The molecule has 23 heavy (non-hydrogen) atoms. The van der Waals surface area contributed by atoms with E-state index in [1.165, 1.54) is 5.56 Å². The van der Waals surface area contributed by atoms with Gasteiger partial charge in [0.15, 0.2) is 0 Å². The van der Waals surface area contributed by atoms with Gasteiger partial charge in [-0.15, -0.1) is 0 Å². The number of nitrogens with zero attached hydrogens (tertiary/aromatic N) is 1. The van der Waals surface area contributed by atoms with E-state index in [0.717, 1.165) is 5.56 Å². The molecule has 2 aromatic carbocycles. The molecule has 0 saturated carbocycles. The predicted molar refractivity (Wildman–Crippen MR) is 95.4 cm³/mol. The molecule has 0 bridgehead atoms. The number of benzene rings is 2. The first kappa shape index (κ1) is 17.1. The topological polar surface area (TPSA) is 32.3 Å². The summed E-state index contributed by atoms with van der Waals surface area (Å²) in [6.07, 6.45) is 0. The van der Waals surface area contributed by atoms with Crippen LogP contribution in [0.25, 0.3) is 0 Å². The van der Waals surface area contributed by atoms with Crippen molar-refractivity contribution < 1.29 is 4.79 Å². The van der Waals surface area contributed by atoms with Crippen molar-refractivity contribution in [3.63, 3.8) is 0 Å². The van der Waals surface area contributed by atoms with Crippen molar-refractivity contribution in [1.82, 2.24) is 10.2 Å². The Morgan fingerprint density at radius 1 is 1.04 bits per heavy atom. The Morgan fingerprint density at radius 2 is 1.57 bits per heavy atom. The molecule has 0 radical (unpaired) electrons. The van der Waals surface area contributed by atoms with Gasteiger partial charge in [0, 0.05) is 25.0 Å². The summed E-state index contributed by atoms with van der Waals surface area (Å²) in [6, 6.07) is 20.3. The van der Waals surface area contributed by atoms with Crippen molar-refractivity contribution in [1.29, 1.82) is 0 Å². The minimum atomic E-state index is -0.134. The first-order valence-electron chi connectivity index (χ1n) is 8.02. The van der Waals surface area contributed by atoms with Crippen LogP contribution in [0.15, 0.2) is 60.7 Å². The van der Waals surface area contributed by atoms with Crippen LogP contribution in [-0.4, -0.2) is 24.0 Å². The van der Waals surface area contributed by atoms with Crippen LogP contribution in [0.4, 0.5) is 4.79 Å². The molecule has 3 nitrogen and oxygen atoms in total. The SMILES string of the molecule is CC(NC(=O)N(C)Cc1ccccc1)C(C)(C)c1ccccc1. The van der Waals surface area contributed by atoms with Crippen molar-refractivity contribution >= 4 is 6.03 Å². The van der Waals surface area contributed by atoms with Gasteiger partial charge >= 0.3 is 6.03 Å². The van der Waals surface area contributed by atoms with Crippen LogP contribution in [0.2, 0.25) is 0 Å². The quantitative estimate of drug-likeness (QED) is 0.882. The second kappa shape index (κ2) is 7.32. The van der Waals surface area contributed by atoms with Crippen molar-refractivity contribution in [3.8, 4) is 0 Å². The average molecular weight is 310 g/mol. The highest BCUT2D eigenvalue weighted by molar-refractivity contribution is 5.74. The summed E-state index contributed by atoms with van der Waals surface area (Å²) in [7, 11) is 1.82. The third-order valence-electron chi connectivity index (χ3n) is 4.55. The summed E-state index contributed by atoms with van der Waals surface area (Å²) in [5.41, 5.74) is 2.21. The number of hydrogen-bond acceptors (Lipinski definition) is 1. The molecule has 1 unspecified atom stereocenters. The van der Waals surface area contributed by atoms with Gasteiger partial charge in [-0.05, 0) is 18.1 Å². The first-order chi connectivity index (χ1) is 10.9. The van der Waals surface area contributed by atoms with E-state index in [0.29, 0.717) is 6.54 Å². The minimum Gasteiger partial charge on any atom is -0.335 e. The highest BCUT2D eigenvalue weighted by atomic mass is 16.2. The van der Waals surface area contributed by atoms with Crippen LogP contribution in [0, 0.1) is 0 Å². The minimum absolute atomic E-state index is 0.0237. The number of carbonyl (C=O) groups is 1. The number of carbonyl (C=O) groups excluding carboxylic acids is 1. The van der Waals surface area contributed by atoms with E-state index >= 15 is 0 Å². The molecule has 0 aromatic heterocycles. The van der Waals surface area contributed by atoms with E-state index in [4.69, 9.17) is 0 Å². The van der Waals surface area contributed by atoms with Crippen LogP contribution in [0.5, 0.6) is 0 Å². The largest absolute Gasteiger partial charge is 0.335 e. The van der Waals surface area contributed by atoms with E-state index in [1.807, 2.05) is 55.6 Å². The number of amides is 2. The van der Waals surface area contributed by atoms with Crippen molar-refractivity contribution in [2.45, 2.75) is 38.8 Å². The summed E-state index contributed by atoms with van der Waals surface area (Å²) >= 11 is 0. The van der Waals surface area contributed by atoms with Gasteiger partial charge in [0.2, 0.25) is 0 Å². The van der Waals surface area contributed by atoms with Crippen LogP contribution in [0.3, 0.4) is 0 Å². The highest BCUT2D eigenvalue weighted by Gasteiger charge is 2.29. The van der Waals surface area contributed by atoms with E-state index < -0.39 is 0 Å².